The topological polar surface area (TPSA) is 73.0 Å². The average Bonchev–Trinajstić information content (AvgIpc) is 3.34. The lowest BCUT2D eigenvalue weighted by Crippen LogP contribution is -2.52. The third-order valence-corrected chi connectivity index (χ3v) is 8.09. The highest BCUT2D eigenvalue weighted by Gasteiger charge is 2.28. The number of carbonyl (C=O) groups excluding carboxylic acids is 1. The maximum absolute atomic E-state index is 13.0. The number of benzene rings is 2. The van der Waals surface area contributed by atoms with E-state index in [0.717, 1.165) is 13.1 Å². The van der Waals surface area contributed by atoms with E-state index in [2.05, 4.69) is 10.2 Å². The van der Waals surface area contributed by atoms with E-state index in [-0.39, 0.29) is 10.9 Å². The predicted octanol–water partition coefficient (Wildman–Crippen LogP) is 3.60. The molecular weight excluding hydrogens is 412 g/mol. The highest BCUT2D eigenvalue weighted by atomic mass is 32.2. The number of nitrogens with one attached hydrogen (secondary N) is 1. The Morgan fingerprint density at radius 1 is 0.968 bits per heavy atom. The molecule has 1 saturated carbocycles. The minimum atomic E-state index is -3.73. The maximum Gasteiger partial charge on any atom is 0.321 e. The van der Waals surface area contributed by atoms with E-state index in [9.17, 15) is 13.2 Å². The molecule has 0 bridgehead atoms. The van der Waals surface area contributed by atoms with Gasteiger partial charge in [-0.1, -0.05) is 37.1 Å². The van der Waals surface area contributed by atoms with Crippen LogP contribution in [0.3, 0.4) is 0 Å². The first-order chi connectivity index (χ1) is 14.9. The lowest BCUT2D eigenvalue weighted by molar-refractivity contribution is 0.115. The number of para-hydroxylation sites is 1. The van der Waals surface area contributed by atoms with E-state index in [1.807, 2.05) is 11.0 Å². The SMILES string of the molecule is CN(c1ccccc1)S(=O)(=O)c1cccc(NC(=O)N2CCN(C3CCCC3)CC2)c1. The Hall–Kier alpha value is -2.58. The van der Waals surface area contributed by atoms with Crippen LogP contribution >= 0.6 is 0 Å². The van der Waals surface area contributed by atoms with Crippen LogP contribution in [0.4, 0.5) is 16.2 Å². The van der Waals surface area contributed by atoms with Crippen molar-refractivity contribution in [3.05, 3.63) is 54.6 Å². The number of amides is 2. The van der Waals surface area contributed by atoms with Gasteiger partial charge in [-0.2, -0.15) is 0 Å². The molecule has 8 heteroatoms. The van der Waals surface area contributed by atoms with Gasteiger partial charge in [0.1, 0.15) is 0 Å². The van der Waals surface area contributed by atoms with E-state index in [1.54, 1.807) is 42.5 Å². The molecular formula is C23H30N4O3S. The zero-order chi connectivity index (χ0) is 21.8. The van der Waals surface area contributed by atoms with E-state index in [0.29, 0.717) is 30.5 Å². The monoisotopic (exact) mass is 442 g/mol. The lowest BCUT2D eigenvalue weighted by atomic mass is 10.2. The Morgan fingerprint density at radius 2 is 1.65 bits per heavy atom. The largest absolute Gasteiger partial charge is 0.322 e. The summed E-state index contributed by atoms with van der Waals surface area (Å²) >= 11 is 0. The molecule has 0 aromatic heterocycles. The summed E-state index contributed by atoms with van der Waals surface area (Å²) in [5, 5.41) is 2.87. The van der Waals surface area contributed by atoms with Crippen LogP contribution in [-0.4, -0.2) is 63.5 Å². The first-order valence-corrected chi connectivity index (χ1v) is 12.3. The number of rotatable bonds is 5. The summed E-state index contributed by atoms with van der Waals surface area (Å²) in [7, 11) is -2.20. The predicted molar refractivity (Wildman–Crippen MR) is 123 cm³/mol. The molecule has 0 atom stereocenters. The van der Waals surface area contributed by atoms with Crippen LogP contribution < -0.4 is 9.62 Å². The number of hydrogen-bond donors (Lipinski definition) is 1. The number of hydrogen-bond acceptors (Lipinski definition) is 4. The number of sulfonamides is 1. The second-order valence-electron chi connectivity index (χ2n) is 8.23. The van der Waals surface area contributed by atoms with Crippen LogP contribution in [0.5, 0.6) is 0 Å². The Balaban J connectivity index is 1.40. The van der Waals surface area contributed by atoms with Gasteiger partial charge in [0.2, 0.25) is 0 Å². The zero-order valence-electron chi connectivity index (χ0n) is 17.9. The number of piperazine rings is 1. The van der Waals surface area contributed by atoms with Gasteiger partial charge in [-0.25, -0.2) is 13.2 Å². The molecule has 0 spiro atoms. The molecule has 2 aromatic carbocycles. The van der Waals surface area contributed by atoms with Crippen molar-refractivity contribution in [3.63, 3.8) is 0 Å². The van der Waals surface area contributed by atoms with Gasteiger partial charge in [0.15, 0.2) is 0 Å². The van der Waals surface area contributed by atoms with Gasteiger partial charge in [-0.15, -0.1) is 0 Å². The molecule has 2 amide bonds. The second kappa shape index (κ2) is 9.28. The van der Waals surface area contributed by atoms with Crippen molar-refractivity contribution in [2.75, 3.05) is 42.8 Å². The molecule has 1 aliphatic heterocycles. The second-order valence-corrected chi connectivity index (χ2v) is 10.2. The van der Waals surface area contributed by atoms with Crippen LogP contribution in [0.15, 0.2) is 59.5 Å². The van der Waals surface area contributed by atoms with Crippen molar-refractivity contribution < 1.29 is 13.2 Å². The molecule has 0 unspecified atom stereocenters. The number of nitrogens with zero attached hydrogens (tertiary/aromatic N) is 3. The minimum Gasteiger partial charge on any atom is -0.322 e. The molecule has 1 heterocycles. The summed E-state index contributed by atoms with van der Waals surface area (Å²) in [6, 6.07) is 15.8. The van der Waals surface area contributed by atoms with Gasteiger partial charge in [-0.3, -0.25) is 9.21 Å². The van der Waals surface area contributed by atoms with Crippen LogP contribution in [0.2, 0.25) is 0 Å². The molecule has 1 saturated heterocycles. The third-order valence-electron chi connectivity index (χ3n) is 6.31. The van der Waals surface area contributed by atoms with Crippen LogP contribution in [0, 0.1) is 0 Å². The fourth-order valence-corrected chi connectivity index (χ4v) is 5.67. The average molecular weight is 443 g/mol. The van der Waals surface area contributed by atoms with E-state index in [1.165, 1.54) is 43.1 Å². The van der Waals surface area contributed by atoms with Gasteiger partial charge in [0.05, 0.1) is 10.6 Å². The van der Waals surface area contributed by atoms with Gasteiger partial charge in [0, 0.05) is 45.0 Å². The summed E-state index contributed by atoms with van der Waals surface area (Å²) in [6.07, 6.45) is 5.16. The van der Waals surface area contributed by atoms with Gasteiger partial charge in [0.25, 0.3) is 10.0 Å². The van der Waals surface area contributed by atoms with E-state index >= 15 is 0 Å². The van der Waals surface area contributed by atoms with Crippen molar-refractivity contribution >= 4 is 27.4 Å². The Kier molecular flexibility index (Phi) is 6.48. The molecule has 0 radical (unpaired) electrons. The molecule has 166 valence electrons. The van der Waals surface area contributed by atoms with Gasteiger partial charge < -0.3 is 10.2 Å². The van der Waals surface area contributed by atoms with Crippen molar-refractivity contribution in [2.24, 2.45) is 0 Å². The number of carbonyl (C=O) groups is 1. The Labute approximate surface area is 184 Å². The first-order valence-electron chi connectivity index (χ1n) is 10.9. The molecule has 1 N–H and O–H groups in total. The number of anilines is 2. The summed E-state index contributed by atoms with van der Waals surface area (Å²) in [6.45, 7) is 3.18. The van der Waals surface area contributed by atoms with Crippen molar-refractivity contribution in [1.29, 1.82) is 0 Å². The fraction of sp³-hybridized carbons (Fsp3) is 0.435. The van der Waals surface area contributed by atoms with Crippen molar-refractivity contribution in [3.8, 4) is 0 Å². The molecule has 4 rings (SSSR count). The summed E-state index contributed by atoms with van der Waals surface area (Å²) < 4.78 is 27.3. The molecule has 1 aliphatic carbocycles. The lowest BCUT2D eigenvalue weighted by Gasteiger charge is -2.38. The van der Waals surface area contributed by atoms with Gasteiger partial charge >= 0.3 is 6.03 Å². The summed E-state index contributed by atoms with van der Waals surface area (Å²) in [5.41, 5.74) is 1.06. The maximum atomic E-state index is 13.0. The highest BCUT2D eigenvalue weighted by molar-refractivity contribution is 7.92. The normalized spacial score (nSPS) is 18.2. The quantitative estimate of drug-likeness (QED) is 0.768. The van der Waals surface area contributed by atoms with E-state index < -0.39 is 10.0 Å². The Bertz CT molecular complexity index is 998. The van der Waals surface area contributed by atoms with Crippen molar-refractivity contribution in [2.45, 2.75) is 36.6 Å². The summed E-state index contributed by atoms with van der Waals surface area (Å²) in [5.74, 6) is 0. The van der Waals surface area contributed by atoms with Crippen LogP contribution in [-0.2, 0) is 10.0 Å². The third kappa shape index (κ3) is 4.85. The smallest absolute Gasteiger partial charge is 0.321 e. The summed E-state index contributed by atoms with van der Waals surface area (Å²) in [4.78, 5) is 17.2. The number of urea groups is 1. The molecule has 31 heavy (non-hydrogen) atoms. The van der Waals surface area contributed by atoms with Crippen LogP contribution in [0.25, 0.3) is 0 Å². The molecule has 2 aromatic rings. The highest BCUT2D eigenvalue weighted by Crippen LogP contribution is 2.25. The fourth-order valence-electron chi connectivity index (χ4n) is 4.43. The zero-order valence-corrected chi connectivity index (χ0v) is 18.7. The van der Waals surface area contributed by atoms with Gasteiger partial charge in [-0.05, 0) is 43.2 Å². The van der Waals surface area contributed by atoms with E-state index in [4.69, 9.17) is 0 Å². The Morgan fingerprint density at radius 3 is 2.32 bits per heavy atom. The molecule has 2 aliphatic rings. The van der Waals surface area contributed by atoms with Crippen LogP contribution in [0.1, 0.15) is 25.7 Å². The molecule has 2 fully saturated rings. The molecule has 7 nitrogen and oxygen atoms in total. The van der Waals surface area contributed by atoms with Crippen molar-refractivity contribution in [1.82, 2.24) is 9.80 Å². The minimum absolute atomic E-state index is 0.141. The first kappa shape index (κ1) is 21.6. The standard InChI is InChI=1S/C23H30N4O3S/c1-25(20-9-3-2-4-10-20)31(29,30)22-13-7-8-19(18-22)24-23(28)27-16-14-26(15-17-27)21-11-5-6-12-21/h2-4,7-10,13,18,21H,5-6,11-12,14-17H2,1H3,(H,24,28).